The lowest BCUT2D eigenvalue weighted by Crippen LogP contribution is -2.08. The zero-order valence-corrected chi connectivity index (χ0v) is 7.92. The monoisotopic (exact) mass is 180 g/mol. The molecule has 0 atom stereocenters. The minimum Gasteiger partial charge on any atom is -0.465 e. The van der Waals surface area contributed by atoms with Crippen molar-refractivity contribution in [3.05, 3.63) is 23.0 Å². The molecule has 4 nitrogen and oxygen atoms in total. The number of aromatic nitrogens is 1. The van der Waals surface area contributed by atoms with Crippen LogP contribution < -0.4 is 5.73 Å². The molecule has 70 valence electrons. The van der Waals surface area contributed by atoms with Gasteiger partial charge in [0.15, 0.2) is 0 Å². The van der Waals surface area contributed by atoms with Crippen molar-refractivity contribution < 1.29 is 9.53 Å². The molecule has 0 aliphatic carbocycles. The summed E-state index contributed by atoms with van der Waals surface area (Å²) in [6, 6.07) is 0. The number of nitrogen functional groups attached to an aromatic ring is 1. The molecular weight excluding hydrogens is 168 g/mol. The summed E-state index contributed by atoms with van der Waals surface area (Å²) in [5.41, 5.74) is 8.13. The Kier molecular flexibility index (Phi) is 2.51. The molecule has 0 amide bonds. The van der Waals surface area contributed by atoms with Gasteiger partial charge in [-0.3, -0.25) is 4.98 Å². The van der Waals surface area contributed by atoms with Crippen LogP contribution >= 0.6 is 0 Å². The highest BCUT2D eigenvalue weighted by Gasteiger charge is 2.12. The van der Waals surface area contributed by atoms with Gasteiger partial charge in [0.05, 0.1) is 12.8 Å². The lowest BCUT2D eigenvalue weighted by atomic mass is 10.1. The smallest absolute Gasteiger partial charge is 0.341 e. The molecule has 13 heavy (non-hydrogen) atoms. The first-order valence-electron chi connectivity index (χ1n) is 3.88. The van der Waals surface area contributed by atoms with Crippen molar-refractivity contribution in [3.8, 4) is 0 Å². The minimum atomic E-state index is -0.451. The van der Waals surface area contributed by atoms with Gasteiger partial charge in [0.1, 0.15) is 5.56 Å². The third-order valence-corrected chi connectivity index (χ3v) is 2.03. The van der Waals surface area contributed by atoms with Gasteiger partial charge >= 0.3 is 5.97 Å². The molecule has 0 bridgehead atoms. The van der Waals surface area contributed by atoms with E-state index >= 15 is 0 Å². The van der Waals surface area contributed by atoms with E-state index in [2.05, 4.69) is 9.72 Å². The average molecular weight is 180 g/mol. The quantitative estimate of drug-likeness (QED) is 0.656. The standard InChI is InChI=1S/C9H12N2O2/c1-5-6(2)11-4-7(8(5)10)9(12)13-3/h4H,1-3H3,(H2,10,11). The average Bonchev–Trinajstić information content (AvgIpc) is 2.13. The largest absolute Gasteiger partial charge is 0.465 e. The molecule has 2 N–H and O–H groups in total. The number of rotatable bonds is 1. The van der Waals surface area contributed by atoms with Crippen LogP contribution in [0.4, 0.5) is 5.69 Å². The van der Waals surface area contributed by atoms with Crippen LogP contribution in [-0.4, -0.2) is 18.1 Å². The topological polar surface area (TPSA) is 65.2 Å². The van der Waals surface area contributed by atoms with Crippen LogP contribution in [0.25, 0.3) is 0 Å². The van der Waals surface area contributed by atoms with E-state index in [0.717, 1.165) is 11.3 Å². The SMILES string of the molecule is COC(=O)c1cnc(C)c(C)c1N. The number of ether oxygens (including phenoxy) is 1. The molecule has 0 radical (unpaired) electrons. The van der Waals surface area contributed by atoms with Crippen molar-refractivity contribution in [1.82, 2.24) is 4.98 Å². The Labute approximate surface area is 76.7 Å². The number of hydrogen-bond acceptors (Lipinski definition) is 4. The number of carbonyl (C=O) groups is 1. The molecular formula is C9H12N2O2. The summed E-state index contributed by atoms with van der Waals surface area (Å²) >= 11 is 0. The fourth-order valence-electron chi connectivity index (χ4n) is 0.997. The number of anilines is 1. The molecule has 0 spiro atoms. The normalized spacial score (nSPS) is 9.77. The molecule has 1 heterocycles. The van der Waals surface area contributed by atoms with Crippen LogP contribution in [0.2, 0.25) is 0 Å². The second-order valence-electron chi connectivity index (χ2n) is 2.79. The highest BCUT2D eigenvalue weighted by Crippen LogP contribution is 2.18. The fourth-order valence-corrected chi connectivity index (χ4v) is 0.997. The Morgan fingerprint density at radius 2 is 2.15 bits per heavy atom. The summed E-state index contributed by atoms with van der Waals surface area (Å²) in [5, 5.41) is 0. The molecule has 0 saturated carbocycles. The number of aryl methyl sites for hydroxylation is 1. The van der Waals surface area contributed by atoms with Crippen molar-refractivity contribution in [1.29, 1.82) is 0 Å². The fraction of sp³-hybridized carbons (Fsp3) is 0.333. The first kappa shape index (κ1) is 9.51. The number of esters is 1. The maximum Gasteiger partial charge on any atom is 0.341 e. The van der Waals surface area contributed by atoms with Crippen LogP contribution in [0, 0.1) is 13.8 Å². The van der Waals surface area contributed by atoms with Gasteiger partial charge in [0, 0.05) is 11.9 Å². The number of hydrogen-bond donors (Lipinski definition) is 1. The van der Waals surface area contributed by atoms with Gasteiger partial charge in [-0.15, -0.1) is 0 Å². The van der Waals surface area contributed by atoms with E-state index < -0.39 is 5.97 Å². The van der Waals surface area contributed by atoms with Crippen molar-refractivity contribution in [2.45, 2.75) is 13.8 Å². The Balaban J connectivity index is 3.26. The Morgan fingerprint density at radius 1 is 1.54 bits per heavy atom. The van der Waals surface area contributed by atoms with Gasteiger partial charge in [-0.2, -0.15) is 0 Å². The predicted octanol–water partition coefficient (Wildman–Crippen LogP) is 1.07. The van der Waals surface area contributed by atoms with Crippen LogP contribution in [-0.2, 0) is 4.74 Å². The zero-order valence-electron chi connectivity index (χ0n) is 7.92. The van der Waals surface area contributed by atoms with Gasteiger partial charge in [-0.1, -0.05) is 0 Å². The second-order valence-corrected chi connectivity index (χ2v) is 2.79. The van der Waals surface area contributed by atoms with E-state index in [4.69, 9.17) is 5.73 Å². The number of pyridine rings is 1. The third kappa shape index (κ3) is 1.61. The van der Waals surface area contributed by atoms with Crippen LogP contribution in [0.1, 0.15) is 21.6 Å². The molecule has 0 unspecified atom stereocenters. The lowest BCUT2D eigenvalue weighted by Gasteiger charge is -2.07. The summed E-state index contributed by atoms with van der Waals surface area (Å²) in [4.78, 5) is 15.2. The van der Waals surface area contributed by atoms with Crippen molar-refractivity contribution in [2.75, 3.05) is 12.8 Å². The minimum absolute atomic E-state index is 0.325. The van der Waals surface area contributed by atoms with Gasteiger partial charge in [0.2, 0.25) is 0 Å². The maximum absolute atomic E-state index is 11.2. The third-order valence-electron chi connectivity index (χ3n) is 2.03. The second kappa shape index (κ2) is 3.43. The highest BCUT2D eigenvalue weighted by atomic mass is 16.5. The molecule has 0 fully saturated rings. The summed E-state index contributed by atoms with van der Waals surface area (Å²) in [7, 11) is 1.32. The molecule has 0 aromatic carbocycles. The van der Waals surface area contributed by atoms with E-state index in [1.807, 2.05) is 13.8 Å². The summed E-state index contributed by atoms with van der Waals surface area (Å²) in [6.07, 6.45) is 1.43. The molecule has 0 saturated heterocycles. The summed E-state index contributed by atoms with van der Waals surface area (Å²) in [6.45, 7) is 3.66. The van der Waals surface area contributed by atoms with Crippen molar-refractivity contribution in [3.63, 3.8) is 0 Å². The molecule has 1 aromatic heterocycles. The van der Waals surface area contributed by atoms with E-state index in [-0.39, 0.29) is 0 Å². The van der Waals surface area contributed by atoms with Crippen LogP contribution in [0.15, 0.2) is 6.20 Å². The lowest BCUT2D eigenvalue weighted by molar-refractivity contribution is 0.0601. The Bertz CT molecular complexity index is 348. The van der Waals surface area contributed by atoms with Gasteiger partial charge in [-0.25, -0.2) is 4.79 Å². The molecule has 4 heteroatoms. The first-order chi connectivity index (χ1) is 6.07. The first-order valence-corrected chi connectivity index (χ1v) is 3.88. The van der Waals surface area contributed by atoms with Crippen molar-refractivity contribution in [2.24, 2.45) is 0 Å². The molecule has 1 aromatic rings. The molecule has 0 aliphatic heterocycles. The Hall–Kier alpha value is -1.58. The molecule has 0 aliphatic rings. The predicted molar refractivity (Wildman–Crippen MR) is 49.5 cm³/mol. The number of nitrogens with two attached hydrogens (primary N) is 1. The van der Waals surface area contributed by atoms with Crippen LogP contribution in [0.3, 0.4) is 0 Å². The number of methoxy groups -OCH3 is 1. The van der Waals surface area contributed by atoms with E-state index in [0.29, 0.717) is 11.3 Å². The Morgan fingerprint density at radius 3 is 2.69 bits per heavy atom. The number of carbonyl (C=O) groups excluding carboxylic acids is 1. The maximum atomic E-state index is 11.2. The number of nitrogens with zero attached hydrogens (tertiary/aromatic N) is 1. The van der Waals surface area contributed by atoms with Gasteiger partial charge in [-0.05, 0) is 19.4 Å². The van der Waals surface area contributed by atoms with Gasteiger partial charge < -0.3 is 10.5 Å². The van der Waals surface area contributed by atoms with E-state index in [9.17, 15) is 4.79 Å². The van der Waals surface area contributed by atoms with Crippen molar-refractivity contribution >= 4 is 11.7 Å². The van der Waals surface area contributed by atoms with Crippen LogP contribution in [0.5, 0.6) is 0 Å². The molecule has 1 rings (SSSR count). The highest BCUT2D eigenvalue weighted by molar-refractivity contribution is 5.95. The zero-order chi connectivity index (χ0) is 10.0. The van der Waals surface area contributed by atoms with E-state index in [1.165, 1.54) is 13.3 Å². The summed E-state index contributed by atoms with van der Waals surface area (Å²) in [5.74, 6) is -0.451. The van der Waals surface area contributed by atoms with E-state index in [1.54, 1.807) is 0 Å². The van der Waals surface area contributed by atoms with Gasteiger partial charge in [0.25, 0.3) is 0 Å². The summed E-state index contributed by atoms with van der Waals surface area (Å²) < 4.78 is 4.55.